The van der Waals surface area contributed by atoms with Crippen molar-refractivity contribution in [2.45, 2.75) is 18.8 Å². The van der Waals surface area contributed by atoms with Crippen molar-refractivity contribution in [3.8, 4) is 0 Å². The number of aromatic nitrogens is 3. The fraction of sp³-hybridized carbons (Fsp3) is 0.273. The number of benzene rings is 1. The summed E-state index contributed by atoms with van der Waals surface area (Å²) in [5.41, 5.74) is 0.638. The van der Waals surface area contributed by atoms with Gasteiger partial charge in [-0.3, -0.25) is 14.7 Å². The van der Waals surface area contributed by atoms with Gasteiger partial charge < -0.3 is 19.2 Å². The van der Waals surface area contributed by atoms with Gasteiger partial charge in [-0.05, 0) is 49.3 Å². The van der Waals surface area contributed by atoms with Crippen LogP contribution in [-0.2, 0) is 11.8 Å². The summed E-state index contributed by atoms with van der Waals surface area (Å²) in [6, 6.07) is 12.2. The first-order chi connectivity index (χ1) is 15.0. The minimum atomic E-state index is -0.352. The number of amides is 2. The molecule has 9 heteroatoms. The van der Waals surface area contributed by atoms with E-state index < -0.39 is 0 Å². The van der Waals surface area contributed by atoms with Gasteiger partial charge in [0.2, 0.25) is 0 Å². The van der Waals surface area contributed by atoms with Crippen molar-refractivity contribution in [3.63, 3.8) is 0 Å². The van der Waals surface area contributed by atoms with Crippen LogP contribution >= 0.6 is 12.2 Å². The third kappa shape index (κ3) is 4.66. The summed E-state index contributed by atoms with van der Waals surface area (Å²) in [7, 11) is 1.87. The molecule has 1 saturated heterocycles. The molecule has 1 unspecified atom stereocenters. The van der Waals surface area contributed by atoms with E-state index in [1.54, 1.807) is 47.4 Å². The second-order valence-corrected chi connectivity index (χ2v) is 7.82. The second-order valence-electron chi connectivity index (χ2n) is 7.43. The SMILES string of the molecule is Cn1c(C2CCCN(C(=O)C(=Cc3ccco3)NC(=O)c3ccccc3)C2)n[nH]c1=S. The lowest BCUT2D eigenvalue weighted by Crippen LogP contribution is -2.43. The summed E-state index contributed by atoms with van der Waals surface area (Å²) in [5, 5.41) is 9.91. The van der Waals surface area contributed by atoms with Crippen LogP contribution in [0.2, 0.25) is 0 Å². The predicted octanol–water partition coefficient (Wildman–Crippen LogP) is 3.25. The highest BCUT2D eigenvalue weighted by Crippen LogP contribution is 2.26. The lowest BCUT2D eigenvalue weighted by Gasteiger charge is -2.32. The highest BCUT2D eigenvalue weighted by Gasteiger charge is 2.30. The number of hydrogen-bond acceptors (Lipinski definition) is 5. The van der Waals surface area contributed by atoms with Gasteiger partial charge >= 0.3 is 0 Å². The Morgan fingerprint density at radius 3 is 2.74 bits per heavy atom. The topological polar surface area (TPSA) is 96.2 Å². The van der Waals surface area contributed by atoms with E-state index in [0.29, 0.717) is 29.2 Å². The fourth-order valence-electron chi connectivity index (χ4n) is 3.72. The van der Waals surface area contributed by atoms with Crippen LogP contribution < -0.4 is 5.32 Å². The molecule has 0 radical (unpaired) electrons. The Morgan fingerprint density at radius 1 is 1.26 bits per heavy atom. The molecular weight excluding hydrogens is 414 g/mol. The number of H-pyrrole nitrogens is 1. The molecule has 3 heterocycles. The van der Waals surface area contributed by atoms with E-state index in [1.165, 1.54) is 6.26 Å². The van der Waals surface area contributed by atoms with Crippen LogP contribution in [0, 0.1) is 4.77 Å². The number of rotatable bonds is 5. The maximum absolute atomic E-state index is 13.4. The standard InChI is InChI=1S/C22H23N5O3S/c1-26-19(24-25-22(26)31)16-9-5-11-27(14-16)21(29)18(13-17-10-6-12-30-17)23-20(28)15-7-3-2-4-8-15/h2-4,6-8,10,12-13,16H,5,9,11,14H2,1H3,(H,23,28)(H,25,31). The lowest BCUT2D eigenvalue weighted by molar-refractivity contribution is -0.128. The maximum Gasteiger partial charge on any atom is 0.270 e. The van der Waals surface area contributed by atoms with Crippen molar-refractivity contribution < 1.29 is 14.0 Å². The molecule has 0 aliphatic carbocycles. The van der Waals surface area contributed by atoms with Crippen LogP contribution in [0.5, 0.6) is 0 Å². The number of nitrogens with one attached hydrogen (secondary N) is 2. The van der Waals surface area contributed by atoms with Crippen LogP contribution in [0.3, 0.4) is 0 Å². The molecule has 160 valence electrons. The van der Waals surface area contributed by atoms with E-state index in [-0.39, 0.29) is 23.4 Å². The first-order valence-electron chi connectivity index (χ1n) is 10.0. The Balaban J connectivity index is 1.57. The van der Waals surface area contributed by atoms with Crippen molar-refractivity contribution in [1.29, 1.82) is 0 Å². The zero-order chi connectivity index (χ0) is 21.8. The lowest BCUT2D eigenvalue weighted by atomic mass is 9.97. The summed E-state index contributed by atoms with van der Waals surface area (Å²) in [6.07, 6.45) is 4.82. The number of hydrogen-bond donors (Lipinski definition) is 2. The third-order valence-corrected chi connectivity index (χ3v) is 5.70. The zero-order valence-corrected chi connectivity index (χ0v) is 17.9. The molecule has 31 heavy (non-hydrogen) atoms. The van der Waals surface area contributed by atoms with Crippen molar-refractivity contribution >= 4 is 30.1 Å². The van der Waals surface area contributed by atoms with Gasteiger partial charge in [-0.1, -0.05) is 18.2 Å². The average molecular weight is 438 g/mol. The number of carbonyl (C=O) groups is 2. The highest BCUT2D eigenvalue weighted by atomic mass is 32.1. The molecule has 2 amide bonds. The predicted molar refractivity (Wildman–Crippen MR) is 118 cm³/mol. The maximum atomic E-state index is 13.4. The quantitative estimate of drug-likeness (QED) is 0.472. The number of furan rings is 1. The Morgan fingerprint density at radius 2 is 2.06 bits per heavy atom. The molecule has 0 bridgehead atoms. The zero-order valence-electron chi connectivity index (χ0n) is 17.1. The molecule has 1 atom stereocenters. The molecule has 2 N–H and O–H groups in total. The van der Waals surface area contributed by atoms with Gasteiger partial charge in [-0.25, -0.2) is 0 Å². The van der Waals surface area contributed by atoms with Gasteiger partial charge in [0.1, 0.15) is 17.3 Å². The Labute approximate surface area is 184 Å². The number of nitrogens with zero attached hydrogens (tertiary/aromatic N) is 3. The van der Waals surface area contributed by atoms with Crippen molar-refractivity contribution in [1.82, 2.24) is 25.0 Å². The van der Waals surface area contributed by atoms with Gasteiger partial charge in [0.05, 0.1) is 6.26 Å². The first-order valence-corrected chi connectivity index (χ1v) is 10.5. The van der Waals surface area contributed by atoms with E-state index in [9.17, 15) is 9.59 Å². The minimum Gasteiger partial charge on any atom is -0.465 e. The van der Waals surface area contributed by atoms with Crippen LogP contribution in [0.25, 0.3) is 6.08 Å². The number of aromatic amines is 1. The molecule has 8 nitrogen and oxygen atoms in total. The van der Waals surface area contributed by atoms with Gasteiger partial charge in [0.15, 0.2) is 4.77 Å². The van der Waals surface area contributed by atoms with E-state index in [0.717, 1.165) is 18.7 Å². The fourth-order valence-corrected chi connectivity index (χ4v) is 3.86. The van der Waals surface area contributed by atoms with Crippen molar-refractivity contribution in [3.05, 3.63) is 76.3 Å². The molecule has 0 saturated carbocycles. The molecule has 1 aromatic carbocycles. The Hall–Kier alpha value is -3.46. The second kappa shape index (κ2) is 9.13. The van der Waals surface area contributed by atoms with E-state index in [1.807, 2.05) is 17.7 Å². The van der Waals surface area contributed by atoms with E-state index >= 15 is 0 Å². The molecule has 1 aliphatic heterocycles. The number of likely N-dealkylation sites (tertiary alicyclic amines) is 1. The summed E-state index contributed by atoms with van der Waals surface area (Å²) < 4.78 is 7.76. The normalized spacial score (nSPS) is 16.9. The Bertz CT molecular complexity index is 1150. The molecule has 3 aromatic rings. The van der Waals surface area contributed by atoms with Crippen LogP contribution in [0.1, 0.15) is 40.7 Å². The highest BCUT2D eigenvalue weighted by molar-refractivity contribution is 7.71. The summed E-state index contributed by atoms with van der Waals surface area (Å²) in [4.78, 5) is 27.9. The molecule has 1 aliphatic rings. The molecule has 4 rings (SSSR count). The van der Waals surface area contributed by atoms with Crippen molar-refractivity contribution in [2.24, 2.45) is 7.05 Å². The molecule has 1 fully saturated rings. The third-order valence-electron chi connectivity index (χ3n) is 5.33. The van der Waals surface area contributed by atoms with Gasteiger partial charge in [0.25, 0.3) is 11.8 Å². The summed E-state index contributed by atoms with van der Waals surface area (Å²) in [5.74, 6) is 0.759. The largest absolute Gasteiger partial charge is 0.465 e. The molecular formula is C22H23N5O3S. The van der Waals surface area contributed by atoms with Crippen molar-refractivity contribution in [2.75, 3.05) is 13.1 Å². The molecule has 2 aromatic heterocycles. The van der Waals surface area contributed by atoms with Gasteiger partial charge in [-0.2, -0.15) is 5.10 Å². The monoisotopic (exact) mass is 437 g/mol. The smallest absolute Gasteiger partial charge is 0.270 e. The van der Waals surface area contributed by atoms with Crippen LogP contribution in [0.4, 0.5) is 0 Å². The Kier molecular flexibility index (Phi) is 6.13. The van der Waals surface area contributed by atoms with Crippen LogP contribution in [-0.4, -0.2) is 44.6 Å². The summed E-state index contributed by atoms with van der Waals surface area (Å²) in [6.45, 7) is 1.09. The number of piperidine rings is 1. The average Bonchev–Trinajstić information content (AvgIpc) is 3.43. The van der Waals surface area contributed by atoms with E-state index in [2.05, 4.69) is 15.5 Å². The van der Waals surface area contributed by atoms with Gasteiger partial charge in [-0.15, -0.1) is 0 Å². The van der Waals surface area contributed by atoms with Crippen LogP contribution in [0.15, 0.2) is 58.8 Å². The minimum absolute atomic E-state index is 0.0605. The first kappa shape index (κ1) is 20.8. The molecule has 0 spiro atoms. The number of carbonyl (C=O) groups excluding carboxylic acids is 2. The summed E-state index contributed by atoms with van der Waals surface area (Å²) >= 11 is 5.22. The van der Waals surface area contributed by atoms with Gasteiger partial charge in [0, 0.05) is 37.7 Å². The van der Waals surface area contributed by atoms with E-state index in [4.69, 9.17) is 16.6 Å².